The highest BCUT2D eigenvalue weighted by molar-refractivity contribution is 7.99. The number of rotatable bonds is 4. The minimum atomic E-state index is -0.0180. The topological polar surface area (TPSA) is 53.2 Å². The predicted octanol–water partition coefficient (Wildman–Crippen LogP) is 2.97. The van der Waals surface area contributed by atoms with Crippen LogP contribution in [-0.2, 0) is 0 Å². The summed E-state index contributed by atoms with van der Waals surface area (Å²) in [7, 11) is 0. The van der Waals surface area contributed by atoms with Gasteiger partial charge >= 0.3 is 0 Å². The van der Waals surface area contributed by atoms with Gasteiger partial charge in [-0.3, -0.25) is 9.59 Å². The van der Waals surface area contributed by atoms with Crippen molar-refractivity contribution in [3.63, 3.8) is 0 Å². The van der Waals surface area contributed by atoms with E-state index in [-0.39, 0.29) is 11.7 Å². The Balaban J connectivity index is 2.07. The smallest absolute Gasteiger partial charge is 0.270 e. The lowest BCUT2D eigenvalue weighted by atomic mass is 10.2. The van der Waals surface area contributed by atoms with Crippen LogP contribution in [0.1, 0.15) is 54.0 Å². The molecule has 0 aliphatic carbocycles. The van der Waals surface area contributed by atoms with Crippen LogP contribution in [0, 0.1) is 0 Å². The molecule has 1 aromatic rings. The minimum absolute atomic E-state index is 0.0149. The molecule has 1 aromatic heterocycles. The van der Waals surface area contributed by atoms with Gasteiger partial charge in [-0.25, -0.2) is 0 Å². The van der Waals surface area contributed by atoms with Gasteiger partial charge in [0.05, 0.1) is 0 Å². The first-order valence-electron chi connectivity index (χ1n) is 7.22. The summed E-state index contributed by atoms with van der Waals surface area (Å²) in [4.78, 5) is 28.7. The zero-order valence-corrected chi connectivity index (χ0v) is 13.0. The summed E-state index contributed by atoms with van der Waals surface area (Å²) in [6, 6.07) is 1.66. The number of Topliss-reactive ketones (excluding diaryl/α,β-unsaturated/α-hetero) is 1. The second kappa shape index (κ2) is 6.97. The first-order chi connectivity index (χ1) is 9.61. The quantitative estimate of drug-likeness (QED) is 0.869. The lowest BCUT2D eigenvalue weighted by Gasteiger charge is -2.23. The molecule has 0 radical (unpaired) electrons. The van der Waals surface area contributed by atoms with Gasteiger partial charge in [-0.15, -0.1) is 0 Å². The first kappa shape index (κ1) is 15.2. The number of hydrogen-bond donors (Lipinski definition) is 1. The number of likely N-dealkylation sites (tertiary alicyclic amines) is 1. The van der Waals surface area contributed by atoms with E-state index < -0.39 is 0 Å². The van der Waals surface area contributed by atoms with Crippen molar-refractivity contribution in [2.24, 2.45) is 0 Å². The Morgan fingerprint density at radius 2 is 2.25 bits per heavy atom. The number of ketones is 1. The monoisotopic (exact) mass is 294 g/mol. The maximum absolute atomic E-state index is 12.5. The van der Waals surface area contributed by atoms with Gasteiger partial charge in [0.2, 0.25) is 0 Å². The number of carbonyl (C=O) groups is 2. The Morgan fingerprint density at radius 1 is 1.45 bits per heavy atom. The van der Waals surface area contributed by atoms with Crippen LogP contribution < -0.4 is 0 Å². The summed E-state index contributed by atoms with van der Waals surface area (Å²) in [5, 5.41) is 0.536. The average Bonchev–Trinajstić information content (AvgIpc) is 2.80. The van der Waals surface area contributed by atoms with E-state index in [9.17, 15) is 9.59 Å². The van der Waals surface area contributed by atoms with Crippen LogP contribution in [-0.4, -0.2) is 45.7 Å². The molecule has 1 saturated heterocycles. The SMILES string of the molecule is CCS[C@@H]1CCCCN(C(=O)c2cc(C(C)=O)c[nH]2)C1. The van der Waals surface area contributed by atoms with Crippen molar-refractivity contribution in [1.82, 2.24) is 9.88 Å². The number of nitrogens with zero attached hydrogens (tertiary/aromatic N) is 1. The summed E-state index contributed by atoms with van der Waals surface area (Å²) < 4.78 is 0. The molecule has 0 unspecified atom stereocenters. The number of hydrogen-bond acceptors (Lipinski definition) is 3. The van der Waals surface area contributed by atoms with Crippen molar-refractivity contribution in [3.8, 4) is 0 Å². The number of nitrogens with one attached hydrogen (secondary N) is 1. The van der Waals surface area contributed by atoms with Gasteiger partial charge in [0.25, 0.3) is 5.91 Å². The number of carbonyl (C=O) groups excluding carboxylic acids is 2. The largest absolute Gasteiger partial charge is 0.356 e. The molecule has 0 bridgehead atoms. The lowest BCUT2D eigenvalue weighted by Crippen LogP contribution is -2.35. The van der Waals surface area contributed by atoms with Gasteiger partial charge in [0.15, 0.2) is 5.78 Å². The molecule has 5 heteroatoms. The normalized spacial score (nSPS) is 19.7. The summed E-state index contributed by atoms with van der Waals surface area (Å²) in [5.74, 6) is 1.08. The van der Waals surface area contributed by atoms with Gasteiger partial charge in [0.1, 0.15) is 5.69 Å². The number of aromatic amines is 1. The van der Waals surface area contributed by atoms with Crippen LogP contribution in [0.3, 0.4) is 0 Å². The van der Waals surface area contributed by atoms with Crippen molar-refractivity contribution >= 4 is 23.5 Å². The summed E-state index contributed by atoms with van der Waals surface area (Å²) in [6.07, 6.45) is 5.05. The lowest BCUT2D eigenvalue weighted by molar-refractivity contribution is 0.0758. The van der Waals surface area contributed by atoms with Crippen LogP contribution in [0.4, 0.5) is 0 Å². The Labute approximate surface area is 124 Å². The van der Waals surface area contributed by atoms with Gasteiger partial charge in [-0.1, -0.05) is 13.3 Å². The minimum Gasteiger partial charge on any atom is -0.356 e. The van der Waals surface area contributed by atoms with E-state index in [2.05, 4.69) is 11.9 Å². The molecule has 1 N–H and O–H groups in total. The first-order valence-corrected chi connectivity index (χ1v) is 8.27. The van der Waals surface area contributed by atoms with E-state index in [4.69, 9.17) is 0 Å². The molecule has 1 amide bonds. The standard InChI is InChI=1S/C15H22N2O2S/c1-3-20-13-6-4-5-7-17(10-13)15(19)14-8-12(9-16-14)11(2)18/h8-9,13,16H,3-7,10H2,1-2H3/t13-/m1/s1. The molecule has 0 aromatic carbocycles. The molecule has 1 aliphatic rings. The van der Waals surface area contributed by atoms with Crippen molar-refractivity contribution in [2.75, 3.05) is 18.8 Å². The van der Waals surface area contributed by atoms with Crippen molar-refractivity contribution in [2.45, 2.75) is 38.4 Å². The van der Waals surface area contributed by atoms with E-state index in [0.29, 0.717) is 16.5 Å². The van der Waals surface area contributed by atoms with Gasteiger partial charge in [-0.2, -0.15) is 11.8 Å². The van der Waals surface area contributed by atoms with Crippen molar-refractivity contribution in [1.29, 1.82) is 0 Å². The van der Waals surface area contributed by atoms with E-state index in [0.717, 1.165) is 25.3 Å². The maximum Gasteiger partial charge on any atom is 0.270 e. The molecule has 1 fully saturated rings. The molecule has 110 valence electrons. The Hall–Kier alpha value is -1.23. The highest BCUT2D eigenvalue weighted by Gasteiger charge is 2.24. The van der Waals surface area contributed by atoms with Gasteiger partial charge in [0, 0.05) is 30.1 Å². The van der Waals surface area contributed by atoms with Gasteiger partial charge in [-0.05, 0) is 31.6 Å². The molecule has 20 heavy (non-hydrogen) atoms. The fourth-order valence-electron chi connectivity index (χ4n) is 2.55. The number of aromatic nitrogens is 1. The Bertz CT molecular complexity index is 484. The zero-order valence-electron chi connectivity index (χ0n) is 12.1. The summed E-state index contributed by atoms with van der Waals surface area (Å²) >= 11 is 1.93. The van der Waals surface area contributed by atoms with Crippen LogP contribution in [0.15, 0.2) is 12.3 Å². The Morgan fingerprint density at radius 3 is 2.90 bits per heavy atom. The molecule has 2 rings (SSSR count). The highest BCUT2D eigenvalue weighted by atomic mass is 32.2. The molecule has 1 atom stereocenters. The van der Waals surface area contributed by atoms with Crippen LogP contribution in [0.5, 0.6) is 0 Å². The molecular formula is C15H22N2O2S. The molecule has 1 aliphatic heterocycles. The van der Waals surface area contributed by atoms with Crippen LogP contribution >= 0.6 is 11.8 Å². The third-order valence-corrected chi connectivity index (χ3v) is 4.83. The van der Waals surface area contributed by atoms with Crippen LogP contribution in [0.2, 0.25) is 0 Å². The highest BCUT2D eigenvalue weighted by Crippen LogP contribution is 2.23. The Kier molecular flexibility index (Phi) is 5.29. The van der Waals surface area contributed by atoms with Crippen LogP contribution in [0.25, 0.3) is 0 Å². The van der Waals surface area contributed by atoms with E-state index in [1.54, 1.807) is 12.3 Å². The molecular weight excluding hydrogens is 272 g/mol. The fraction of sp³-hybridized carbons (Fsp3) is 0.600. The molecule has 2 heterocycles. The molecule has 4 nitrogen and oxygen atoms in total. The molecule has 0 saturated carbocycles. The second-order valence-electron chi connectivity index (χ2n) is 5.18. The average molecular weight is 294 g/mol. The summed E-state index contributed by atoms with van der Waals surface area (Å²) in [5.41, 5.74) is 1.10. The second-order valence-corrected chi connectivity index (χ2v) is 6.76. The van der Waals surface area contributed by atoms with Crippen molar-refractivity contribution in [3.05, 3.63) is 23.5 Å². The molecule has 0 spiro atoms. The third kappa shape index (κ3) is 3.66. The number of amides is 1. The maximum atomic E-state index is 12.5. The predicted molar refractivity (Wildman–Crippen MR) is 82.5 cm³/mol. The number of thioether (sulfide) groups is 1. The van der Waals surface area contributed by atoms with E-state index >= 15 is 0 Å². The van der Waals surface area contributed by atoms with Crippen molar-refractivity contribution < 1.29 is 9.59 Å². The van der Waals surface area contributed by atoms with E-state index in [1.807, 2.05) is 16.7 Å². The van der Waals surface area contributed by atoms with E-state index in [1.165, 1.54) is 19.8 Å². The third-order valence-electron chi connectivity index (χ3n) is 3.64. The summed E-state index contributed by atoms with van der Waals surface area (Å²) in [6.45, 7) is 5.29. The van der Waals surface area contributed by atoms with Gasteiger partial charge < -0.3 is 9.88 Å². The fourth-order valence-corrected chi connectivity index (χ4v) is 3.64. The number of H-pyrrole nitrogens is 1. The zero-order chi connectivity index (χ0) is 14.5.